The summed E-state index contributed by atoms with van der Waals surface area (Å²) in [5, 5.41) is 7.65. The monoisotopic (exact) mass is 419 g/mol. The number of benzene rings is 1. The van der Waals surface area contributed by atoms with Gasteiger partial charge in [0.05, 0.1) is 11.4 Å². The molecule has 4 aromatic rings. The van der Waals surface area contributed by atoms with Crippen molar-refractivity contribution in [1.82, 2.24) is 15.3 Å². The van der Waals surface area contributed by atoms with Crippen LogP contribution >= 0.6 is 22.7 Å². The zero-order valence-corrected chi connectivity index (χ0v) is 17.0. The van der Waals surface area contributed by atoms with Gasteiger partial charge in [-0.2, -0.15) is 0 Å². The zero-order chi connectivity index (χ0) is 19.6. The number of carbonyl (C=O) groups excluding carboxylic acids is 1. The summed E-state index contributed by atoms with van der Waals surface area (Å²) in [5.74, 6) is 0.726. The predicted molar refractivity (Wildman–Crippen MR) is 116 cm³/mol. The number of thiophene rings is 1. The third-order valence-corrected chi connectivity index (χ3v) is 6.66. The average molecular weight is 420 g/mol. The van der Waals surface area contributed by atoms with Crippen LogP contribution in [0.4, 0.5) is 0 Å². The van der Waals surface area contributed by atoms with Crippen LogP contribution in [0.1, 0.15) is 16.1 Å². The maximum absolute atomic E-state index is 12.5. The SMILES string of the molecule is O=C(NCC1Cc2cccc(-c3ccncc3)c2O1)c1csc(-c2cccs2)n1. The van der Waals surface area contributed by atoms with Crippen molar-refractivity contribution in [3.8, 4) is 26.8 Å². The van der Waals surface area contributed by atoms with E-state index in [1.807, 2.05) is 35.7 Å². The first kappa shape index (κ1) is 18.0. The van der Waals surface area contributed by atoms with E-state index in [0.717, 1.165) is 38.7 Å². The Morgan fingerprint density at radius 3 is 2.86 bits per heavy atom. The van der Waals surface area contributed by atoms with Crippen LogP contribution < -0.4 is 10.1 Å². The second kappa shape index (κ2) is 7.77. The normalized spacial score (nSPS) is 15.0. The molecule has 0 bridgehead atoms. The number of ether oxygens (including phenoxy) is 1. The molecule has 0 saturated heterocycles. The molecule has 1 aromatic carbocycles. The molecule has 3 aromatic heterocycles. The van der Waals surface area contributed by atoms with Gasteiger partial charge in [0, 0.05) is 29.8 Å². The fourth-order valence-electron chi connectivity index (χ4n) is 3.40. The van der Waals surface area contributed by atoms with Crippen molar-refractivity contribution >= 4 is 28.6 Å². The molecule has 0 saturated carbocycles. The topological polar surface area (TPSA) is 64.1 Å². The van der Waals surface area contributed by atoms with E-state index in [1.165, 1.54) is 11.3 Å². The van der Waals surface area contributed by atoms with Gasteiger partial charge in [-0.1, -0.05) is 24.3 Å². The Bertz CT molecular complexity index is 1140. The minimum Gasteiger partial charge on any atom is -0.487 e. The number of carbonyl (C=O) groups is 1. The van der Waals surface area contributed by atoms with E-state index in [4.69, 9.17) is 4.74 Å². The van der Waals surface area contributed by atoms with Gasteiger partial charge in [0.15, 0.2) is 0 Å². The lowest BCUT2D eigenvalue weighted by Crippen LogP contribution is -2.34. The van der Waals surface area contributed by atoms with Crippen molar-refractivity contribution in [1.29, 1.82) is 0 Å². The Balaban J connectivity index is 1.25. The number of fused-ring (bicyclic) bond motifs is 1. The lowest BCUT2D eigenvalue weighted by Gasteiger charge is -2.13. The van der Waals surface area contributed by atoms with Crippen LogP contribution in [-0.4, -0.2) is 28.5 Å². The predicted octanol–water partition coefficient (Wildman–Crippen LogP) is 4.67. The summed E-state index contributed by atoms with van der Waals surface area (Å²) in [4.78, 5) is 22.1. The van der Waals surface area contributed by atoms with Gasteiger partial charge in [-0.3, -0.25) is 9.78 Å². The first-order valence-electron chi connectivity index (χ1n) is 9.24. The summed E-state index contributed by atoms with van der Waals surface area (Å²) < 4.78 is 6.19. The molecule has 29 heavy (non-hydrogen) atoms. The van der Waals surface area contributed by atoms with Crippen LogP contribution in [0.25, 0.3) is 21.0 Å². The minimum atomic E-state index is -0.169. The quantitative estimate of drug-likeness (QED) is 0.511. The minimum absolute atomic E-state index is 0.0904. The van der Waals surface area contributed by atoms with E-state index in [2.05, 4.69) is 27.4 Å². The molecule has 0 aliphatic carbocycles. The van der Waals surface area contributed by atoms with Gasteiger partial charge in [-0.05, 0) is 34.7 Å². The molecular formula is C22H17N3O2S2. The molecule has 7 heteroatoms. The Morgan fingerprint density at radius 2 is 2.03 bits per heavy atom. The second-order valence-electron chi connectivity index (χ2n) is 6.70. The molecule has 1 unspecified atom stereocenters. The van der Waals surface area contributed by atoms with E-state index in [9.17, 15) is 4.79 Å². The van der Waals surface area contributed by atoms with Gasteiger partial charge in [0.25, 0.3) is 5.91 Å². The Morgan fingerprint density at radius 1 is 1.14 bits per heavy atom. The van der Waals surface area contributed by atoms with E-state index in [1.54, 1.807) is 29.1 Å². The van der Waals surface area contributed by atoms with E-state index in [-0.39, 0.29) is 12.0 Å². The number of pyridine rings is 1. The highest BCUT2D eigenvalue weighted by Crippen LogP contribution is 2.38. The molecule has 5 rings (SSSR count). The van der Waals surface area contributed by atoms with Crippen molar-refractivity contribution in [2.24, 2.45) is 0 Å². The van der Waals surface area contributed by atoms with Gasteiger partial charge in [0.2, 0.25) is 0 Å². The maximum Gasteiger partial charge on any atom is 0.270 e. The van der Waals surface area contributed by atoms with Gasteiger partial charge in [0.1, 0.15) is 22.6 Å². The summed E-state index contributed by atoms with van der Waals surface area (Å²) in [7, 11) is 0. The average Bonchev–Trinajstić information content (AvgIpc) is 3.52. The lowest BCUT2D eigenvalue weighted by atomic mass is 10.0. The van der Waals surface area contributed by atoms with Crippen LogP contribution in [0.3, 0.4) is 0 Å². The van der Waals surface area contributed by atoms with Crippen LogP contribution in [0.2, 0.25) is 0 Å². The molecular weight excluding hydrogens is 402 g/mol. The number of aromatic nitrogens is 2. The third-order valence-electron chi connectivity index (χ3n) is 4.78. The first-order valence-corrected chi connectivity index (χ1v) is 11.0. The van der Waals surface area contributed by atoms with Crippen molar-refractivity contribution in [2.45, 2.75) is 12.5 Å². The van der Waals surface area contributed by atoms with Crippen LogP contribution in [0.5, 0.6) is 5.75 Å². The summed E-state index contributed by atoms with van der Waals surface area (Å²) in [6.07, 6.45) is 4.23. The molecule has 0 spiro atoms. The number of nitrogens with one attached hydrogen (secondary N) is 1. The first-order chi connectivity index (χ1) is 14.3. The number of para-hydroxylation sites is 1. The van der Waals surface area contributed by atoms with Crippen LogP contribution in [-0.2, 0) is 6.42 Å². The highest BCUT2D eigenvalue weighted by Gasteiger charge is 2.26. The van der Waals surface area contributed by atoms with Gasteiger partial charge in [-0.15, -0.1) is 22.7 Å². The van der Waals surface area contributed by atoms with Crippen LogP contribution in [0, 0.1) is 0 Å². The number of nitrogens with zero attached hydrogens (tertiary/aromatic N) is 2. The Kier molecular flexibility index (Phi) is 4.83. The van der Waals surface area contributed by atoms with Gasteiger partial charge < -0.3 is 10.1 Å². The van der Waals surface area contributed by atoms with Crippen LogP contribution in [0.15, 0.2) is 65.6 Å². The molecule has 5 nitrogen and oxygen atoms in total. The Hall–Kier alpha value is -3.03. The van der Waals surface area contributed by atoms with Crippen molar-refractivity contribution in [2.75, 3.05) is 6.54 Å². The van der Waals surface area contributed by atoms with Crippen molar-refractivity contribution < 1.29 is 9.53 Å². The third kappa shape index (κ3) is 3.66. The number of amides is 1. The molecule has 1 atom stereocenters. The molecule has 1 amide bonds. The standard InChI is InChI=1S/C22H17N3O2S2/c26-21(18-13-29-22(25-18)19-5-2-10-28-19)24-12-16-11-15-3-1-4-17(20(15)27-16)14-6-8-23-9-7-14/h1-10,13,16H,11-12H2,(H,24,26). The molecule has 1 N–H and O–H groups in total. The fraction of sp³-hybridized carbons (Fsp3) is 0.136. The maximum atomic E-state index is 12.5. The van der Waals surface area contributed by atoms with Gasteiger partial charge in [-0.25, -0.2) is 4.98 Å². The zero-order valence-electron chi connectivity index (χ0n) is 15.4. The highest BCUT2D eigenvalue weighted by molar-refractivity contribution is 7.20. The van der Waals surface area contributed by atoms with E-state index < -0.39 is 0 Å². The lowest BCUT2D eigenvalue weighted by molar-refractivity contribution is 0.0929. The Labute approximate surface area is 176 Å². The number of hydrogen-bond donors (Lipinski definition) is 1. The molecule has 1 aliphatic heterocycles. The van der Waals surface area contributed by atoms with Crippen molar-refractivity contribution in [3.05, 3.63) is 76.9 Å². The van der Waals surface area contributed by atoms with Crippen molar-refractivity contribution in [3.63, 3.8) is 0 Å². The highest BCUT2D eigenvalue weighted by atomic mass is 32.1. The summed E-state index contributed by atoms with van der Waals surface area (Å²) in [6.45, 7) is 0.440. The molecule has 0 fully saturated rings. The molecule has 144 valence electrons. The summed E-state index contributed by atoms with van der Waals surface area (Å²) in [6, 6.07) is 14.1. The fourth-order valence-corrected chi connectivity index (χ4v) is 5.01. The smallest absolute Gasteiger partial charge is 0.270 e. The second-order valence-corrected chi connectivity index (χ2v) is 8.50. The molecule has 1 aliphatic rings. The summed E-state index contributed by atoms with van der Waals surface area (Å²) in [5.41, 5.74) is 3.74. The molecule has 0 radical (unpaired) electrons. The van der Waals surface area contributed by atoms with E-state index >= 15 is 0 Å². The number of hydrogen-bond acceptors (Lipinski definition) is 6. The number of thiazole rings is 1. The van der Waals surface area contributed by atoms with Gasteiger partial charge >= 0.3 is 0 Å². The molecule has 4 heterocycles. The summed E-state index contributed by atoms with van der Waals surface area (Å²) >= 11 is 3.10. The largest absolute Gasteiger partial charge is 0.487 e. The van der Waals surface area contributed by atoms with E-state index in [0.29, 0.717) is 12.2 Å². The number of rotatable bonds is 5.